The minimum Gasteiger partial charge on any atom is -0.496 e. The Hall–Kier alpha value is -3.87. The molecule has 0 fully saturated rings. The van der Waals surface area contributed by atoms with Gasteiger partial charge in [-0.05, 0) is 30.3 Å². The molecule has 3 aromatic carbocycles. The van der Waals surface area contributed by atoms with Crippen LogP contribution in [-0.2, 0) is 6.61 Å². The van der Waals surface area contributed by atoms with Gasteiger partial charge in [0.15, 0.2) is 5.76 Å². The first-order valence-electron chi connectivity index (χ1n) is 9.42. The zero-order valence-corrected chi connectivity index (χ0v) is 16.5. The monoisotopic (exact) mass is 424 g/mol. The number of para-hydroxylation sites is 2. The lowest BCUT2D eigenvalue weighted by Crippen LogP contribution is -2.04. The van der Waals surface area contributed by atoms with Crippen molar-refractivity contribution in [1.29, 1.82) is 0 Å². The molecule has 0 aromatic heterocycles. The smallest absolute Gasteiger partial charge is 0.387 e. The lowest BCUT2D eigenvalue weighted by molar-refractivity contribution is -0.0499. The zero-order chi connectivity index (χ0) is 21.8. The summed E-state index contributed by atoms with van der Waals surface area (Å²) >= 11 is 0. The zero-order valence-electron chi connectivity index (χ0n) is 16.5. The molecule has 1 aliphatic heterocycles. The van der Waals surface area contributed by atoms with Crippen LogP contribution in [0.5, 0.6) is 23.0 Å². The Balaban J connectivity index is 1.53. The fourth-order valence-corrected chi connectivity index (χ4v) is 3.18. The fourth-order valence-electron chi connectivity index (χ4n) is 3.18. The SMILES string of the molecule is COc1ccccc1COc1ccc2c(c1)O/C(=C\c1ccccc1OC(F)F)C2=O. The van der Waals surface area contributed by atoms with Gasteiger partial charge in [0.2, 0.25) is 5.78 Å². The summed E-state index contributed by atoms with van der Waals surface area (Å²) in [7, 11) is 1.59. The highest BCUT2D eigenvalue weighted by molar-refractivity contribution is 6.14. The van der Waals surface area contributed by atoms with E-state index in [9.17, 15) is 13.6 Å². The molecule has 0 bridgehead atoms. The van der Waals surface area contributed by atoms with E-state index in [-0.39, 0.29) is 23.9 Å². The van der Waals surface area contributed by atoms with Gasteiger partial charge in [0.25, 0.3) is 0 Å². The average Bonchev–Trinajstić information content (AvgIpc) is 3.08. The molecule has 158 valence electrons. The highest BCUT2D eigenvalue weighted by Gasteiger charge is 2.28. The third kappa shape index (κ3) is 4.50. The van der Waals surface area contributed by atoms with Gasteiger partial charge in [-0.25, -0.2) is 0 Å². The number of ether oxygens (including phenoxy) is 4. The fraction of sp³-hybridized carbons (Fsp3) is 0.125. The number of benzene rings is 3. The van der Waals surface area contributed by atoms with Crippen molar-refractivity contribution >= 4 is 11.9 Å². The van der Waals surface area contributed by atoms with Crippen LogP contribution in [0.15, 0.2) is 72.5 Å². The molecule has 0 aliphatic carbocycles. The number of hydrogen-bond donors (Lipinski definition) is 0. The van der Waals surface area contributed by atoms with Gasteiger partial charge >= 0.3 is 6.61 Å². The van der Waals surface area contributed by atoms with Crippen molar-refractivity contribution in [2.24, 2.45) is 0 Å². The number of methoxy groups -OCH3 is 1. The number of hydrogen-bond acceptors (Lipinski definition) is 5. The lowest BCUT2D eigenvalue weighted by Gasteiger charge is -2.10. The molecule has 0 atom stereocenters. The first-order chi connectivity index (χ1) is 15.0. The molecule has 3 aromatic rings. The van der Waals surface area contributed by atoms with Gasteiger partial charge < -0.3 is 18.9 Å². The first kappa shape index (κ1) is 20.4. The predicted octanol–water partition coefficient (Wildman–Crippen LogP) is 5.49. The van der Waals surface area contributed by atoms with Crippen molar-refractivity contribution in [3.05, 3.63) is 89.2 Å². The highest BCUT2D eigenvalue weighted by atomic mass is 19.3. The van der Waals surface area contributed by atoms with Gasteiger partial charge in [0, 0.05) is 17.2 Å². The van der Waals surface area contributed by atoms with Gasteiger partial charge in [-0.15, -0.1) is 0 Å². The summed E-state index contributed by atoms with van der Waals surface area (Å²) in [6, 6.07) is 18.6. The van der Waals surface area contributed by atoms with E-state index in [2.05, 4.69) is 4.74 Å². The molecule has 1 aliphatic rings. The summed E-state index contributed by atoms with van der Waals surface area (Å²) in [6.07, 6.45) is 1.38. The topological polar surface area (TPSA) is 54.0 Å². The molecule has 4 rings (SSSR count). The second-order valence-electron chi connectivity index (χ2n) is 6.61. The average molecular weight is 424 g/mol. The van der Waals surface area contributed by atoms with Crippen molar-refractivity contribution in [2.75, 3.05) is 7.11 Å². The van der Waals surface area contributed by atoms with Crippen LogP contribution in [0.25, 0.3) is 6.08 Å². The van der Waals surface area contributed by atoms with Gasteiger partial charge in [-0.2, -0.15) is 8.78 Å². The van der Waals surface area contributed by atoms with Crippen LogP contribution in [0.4, 0.5) is 8.78 Å². The Bertz CT molecular complexity index is 1140. The molecule has 0 amide bonds. The van der Waals surface area contributed by atoms with E-state index in [4.69, 9.17) is 14.2 Å². The van der Waals surface area contributed by atoms with Crippen LogP contribution in [0.2, 0.25) is 0 Å². The third-order valence-corrected chi connectivity index (χ3v) is 4.65. The largest absolute Gasteiger partial charge is 0.496 e. The number of carbonyl (C=O) groups excluding carboxylic acids is 1. The Morgan fingerprint density at radius 3 is 2.52 bits per heavy atom. The number of ketones is 1. The molecular formula is C24H18F2O5. The van der Waals surface area contributed by atoms with Crippen LogP contribution in [0.3, 0.4) is 0 Å². The van der Waals surface area contributed by atoms with E-state index in [0.29, 0.717) is 28.4 Å². The number of fused-ring (bicyclic) bond motifs is 1. The third-order valence-electron chi connectivity index (χ3n) is 4.65. The molecular weight excluding hydrogens is 406 g/mol. The Kier molecular flexibility index (Phi) is 5.84. The van der Waals surface area contributed by atoms with Gasteiger partial charge in [-0.1, -0.05) is 36.4 Å². The van der Waals surface area contributed by atoms with E-state index in [1.807, 2.05) is 24.3 Å². The molecule has 0 saturated carbocycles. The molecule has 0 spiro atoms. The number of alkyl halides is 2. The maximum absolute atomic E-state index is 12.7. The highest BCUT2D eigenvalue weighted by Crippen LogP contribution is 2.36. The van der Waals surface area contributed by atoms with E-state index >= 15 is 0 Å². The standard InChI is InChI=1S/C24H18F2O5/c1-28-19-8-4-3-7-16(19)14-29-17-10-11-18-21(13-17)30-22(23(18)27)12-15-6-2-5-9-20(15)31-24(25)26/h2-13,24H,14H2,1H3/b22-12-. The van der Waals surface area contributed by atoms with Crippen molar-refractivity contribution in [3.8, 4) is 23.0 Å². The Morgan fingerprint density at radius 1 is 1.00 bits per heavy atom. The molecule has 7 heteroatoms. The summed E-state index contributed by atoms with van der Waals surface area (Å²) in [4.78, 5) is 12.7. The predicted molar refractivity (Wildman–Crippen MR) is 110 cm³/mol. The second-order valence-corrected chi connectivity index (χ2v) is 6.61. The van der Waals surface area contributed by atoms with E-state index in [1.54, 1.807) is 43.5 Å². The van der Waals surface area contributed by atoms with Crippen LogP contribution in [0, 0.1) is 0 Å². The van der Waals surface area contributed by atoms with E-state index in [0.717, 1.165) is 5.56 Å². The molecule has 0 N–H and O–H groups in total. The van der Waals surface area contributed by atoms with E-state index < -0.39 is 6.61 Å². The van der Waals surface area contributed by atoms with Gasteiger partial charge in [0.1, 0.15) is 29.6 Å². The van der Waals surface area contributed by atoms with Crippen LogP contribution in [0.1, 0.15) is 21.5 Å². The summed E-state index contributed by atoms with van der Waals surface area (Å²) in [6.45, 7) is -2.70. The van der Waals surface area contributed by atoms with Crippen molar-refractivity contribution < 1.29 is 32.5 Å². The van der Waals surface area contributed by atoms with Gasteiger partial charge in [0.05, 0.1) is 12.7 Å². The minimum atomic E-state index is -2.97. The van der Waals surface area contributed by atoms with Crippen molar-refractivity contribution in [3.63, 3.8) is 0 Å². The maximum atomic E-state index is 12.7. The Morgan fingerprint density at radius 2 is 1.74 bits per heavy atom. The summed E-state index contributed by atoms with van der Waals surface area (Å²) < 4.78 is 46.6. The van der Waals surface area contributed by atoms with Gasteiger partial charge in [-0.3, -0.25) is 4.79 Å². The molecule has 1 heterocycles. The minimum absolute atomic E-state index is 0.0159. The van der Waals surface area contributed by atoms with Crippen LogP contribution in [-0.4, -0.2) is 19.5 Å². The van der Waals surface area contributed by atoms with Crippen molar-refractivity contribution in [1.82, 2.24) is 0 Å². The van der Waals surface area contributed by atoms with Crippen molar-refractivity contribution in [2.45, 2.75) is 13.2 Å². The summed E-state index contributed by atoms with van der Waals surface area (Å²) in [5.74, 6) is 1.18. The number of allylic oxidation sites excluding steroid dienone is 1. The lowest BCUT2D eigenvalue weighted by atomic mass is 10.1. The summed E-state index contributed by atoms with van der Waals surface area (Å²) in [5, 5.41) is 0. The normalized spacial score (nSPS) is 13.8. The molecule has 0 saturated heterocycles. The van der Waals surface area contributed by atoms with Crippen LogP contribution >= 0.6 is 0 Å². The molecule has 0 radical (unpaired) electrons. The number of Topliss-reactive ketones (excluding diaryl/α,β-unsaturated/α-hetero) is 1. The maximum Gasteiger partial charge on any atom is 0.387 e. The summed E-state index contributed by atoms with van der Waals surface area (Å²) in [5.41, 5.74) is 1.55. The molecule has 5 nitrogen and oxygen atoms in total. The number of carbonyl (C=O) groups is 1. The first-order valence-corrected chi connectivity index (χ1v) is 9.42. The number of halogens is 2. The van der Waals surface area contributed by atoms with Crippen LogP contribution < -0.4 is 18.9 Å². The van der Waals surface area contributed by atoms with E-state index in [1.165, 1.54) is 12.1 Å². The quantitative estimate of drug-likeness (QED) is 0.470. The molecule has 31 heavy (non-hydrogen) atoms. The molecule has 0 unspecified atom stereocenters. The second kappa shape index (κ2) is 8.87. The number of rotatable bonds is 7. The Labute approximate surface area is 177 Å².